The van der Waals surface area contributed by atoms with E-state index in [-0.39, 0.29) is 17.8 Å². The number of aryl methyl sites for hydroxylation is 1. The molecule has 1 heterocycles. The quantitative estimate of drug-likeness (QED) is 0.789. The molecule has 1 atom stereocenters. The first-order valence-electron chi connectivity index (χ1n) is 5.19. The monoisotopic (exact) mass is 207 g/mol. The van der Waals surface area contributed by atoms with Crippen LogP contribution in [0.1, 0.15) is 24.0 Å². The summed E-state index contributed by atoms with van der Waals surface area (Å²) in [6.07, 6.45) is 2.30. The highest BCUT2D eigenvalue weighted by Crippen LogP contribution is 2.16. The second kappa shape index (κ2) is 4.01. The van der Waals surface area contributed by atoms with Crippen LogP contribution in [0.15, 0.2) is 18.2 Å². The average Bonchev–Trinajstić information content (AvgIpc) is 2.56. The minimum Gasteiger partial charge on any atom is -0.353 e. The predicted molar refractivity (Wildman–Crippen MR) is 56.0 cm³/mol. The van der Waals surface area contributed by atoms with Crippen molar-refractivity contribution in [3.05, 3.63) is 35.1 Å². The molecule has 3 heteroatoms. The van der Waals surface area contributed by atoms with Gasteiger partial charge in [-0.3, -0.25) is 4.79 Å². The van der Waals surface area contributed by atoms with Crippen molar-refractivity contribution in [2.45, 2.75) is 32.2 Å². The molecule has 1 aliphatic rings. The number of carbonyl (C=O) groups is 1. The van der Waals surface area contributed by atoms with Crippen LogP contribution in [-0.2, 0) is 11.2 Å². The molecule has 1 N–H and O–H groups in total. The molecule has 1 unspecified atom stereocenters. The molecule has 1 amide bonds. The van der Waals surface area contributed by atoms with Gasteiger partial charge in [-0.25, -0.2) is 4.39 Å². The van der Waals surface area contributed by atoms with Crippen molar-refractivity contribution in [3.63, 3.8) is 0 Å². The Morgan fingerprint density at radius 1 is 1.53 bits per heavy atom. The first-order chi connectivity index (χ1) is 7.15. The Bertz CT molecular complexity index is 389. The molecule has 0 aliphatic carbocycles. The zero-order valence-electron chi connectivity index (χ0n) is 8.72. The molecule has 1 saturated heterocycles. The summed E-state index contributed by atoms with van der Waals surface area (Å²) >= 11 is 0. The summed E-state index contributed by atoms with van der Waals surface area (Å²) in [6.45, 7) is 1.90. The molecular formula is C12H14FNO. The first-order valence-corrected chi connectivity index (χ1v) is 5.19. The fourth-order valence-corrected chi connectivity index (χ4v) is 1.98. The lowest BCUT2D eigenvalue weighted by molar-refractivity contribution is -0.119. The number of rotatable bonds is 2. The van der Waals surface area contributed by atoms with Crippen molar-refractivity contribution in [1.82, 2.24) is 5.32 Å². The topological polar surface area (TPSA) is 29.1 Å². The van der Waals surface area contributed by atoms with Gasteiger partial charge in [0.1, 0.15) is 5.82 Å². The predicted octanol–water partition coefficient (Wildman–Crippen LogP) is 1.96. The maximum atomic E-state index is 12.9. The SMILES string of the molecule is Cc1cc(F)ccc1CC1CCC(=O)N1. The second-order valence-corrected chi connectivity index (χ2v) is 4.08. The van der Waals surface area contributed by atoms with Gasteiger partial charge in [0.05, 0.1) is 0 Å². The van der Waals surface area contributed by atoms with E-state index in [0.717, 1.165) is 24.0 Å². The molecule has 0 saturated carbocycles. The van der Waals surface area contributed by atoms with Crippen molar-refractivity contribution in [1.29, 1.82) is 0 Å². The first kappa shape index (κ1) is 10.1. The largest absolute Gasteiger partial charge is 0.353 e. The zero-order valence-corrected chi connectivity index (χ0v) is 8.72. The van der Waals surface area contributed by atoms with Crippen LogP contribution in [0.25, 0.3) is 0 Å². The third-order valence-corrected chi connectivity index (χ3v) is 2.86. The van der Waals surface area contributed by atoms with E-state index in [0.29, 0.717) is 6.42 Å². The maximum absolute atomic E-state index is 12.9. The summed E-state index contributed by atoms with van der Waals surface area (Å²) in [5.41, 5.74) is 2.07. The maximum Gasteiger partial charge on any atom is 0.220 e. The number of amides is 1. The molecule has 0 spiro atoms. The zero-order chi connectivity index (χ0) is 10.8. The molecule has 2 nitrogen and oxygen atoms in total. The Morgan fingerprint density at radius 2 is 2.33 bits per heavy atom. The number of hydrogen-bond donors (Lipinski definition) is 1. The van der Waals surface area contributed by atoms with Crippen molar-refractivity contribution < 1.29 is 9.18 Å². The molecule has 1 aromatic rings. The van der Waals surface area contributed by atoms with Gasteiger partial charge < -0.3 is 5.32 Å². The van der Waals surface area contributed by atoms with Gasteiger partial charge in [-0.2, -0.15) is 0 Å². The van der Waals surface area contributed by atoms with Gasteiger partial charge in [0.15, 0.2) is 0 Å². The summed E-state index contributed by atoms with van der Waals surface area (Å²) in [6, 6.07) is 5.03. The highest BCUT2D eigenvalue weighted by Gasteiger charge is 2.21. The van der Waals surface area contributed by atoms with E-state index in [1.807, 2.05) is 6.92 Å². The molecule has 2 rings (SSSR count). The van der Waals surface area contributed by atoms with E-state index in [2.05, 4.69) is 5.32 Å². The molecule has 15 heavy (non-hydrogen) atoms. The summed E-state index contributed by atoms with van der Waals surface area (Å²) < 4.78 is 12.9. The summed E-state index contributed by atoms with van der Waals surface area (Å²) in [5.74, 6) is -0.0773. The normalized spacial score (nSPS) is 20.4. The van der Waals surface area contributed by atoms with E-state index in [1.165, 1.54) is 12.1 Å². The van der Waals surface area contributed by atoms with E-state index in [9.17, 15) is 9.18 Å². The van der Waals surface area contributed by atoms with Crippen LogP contribution in [0.5, 0.6) is 0 Å². The number of halogens is 1. The van der Waals surface area contributed by atoms with Crippen molar-refractivity contribution in [2.75, 3.05) is 0 Å². The summed E-state index contributed by atoms with van der Waals surface area (Å²) in [7, 11) is 0. The smallest absolute Gasteiger partial charge is 0.220 e. The lowest BCUT2D eigenvalue weighted by atomic mass is 10.0. The summed E-state index contributed by atoms with van der Waals surface area (Å²) in [5, 5.41) is 2.91. The highest BCUT2D eigenvalue weighted by molar-refractivity contribution is 5.78. The van der Waals surface area contributed by atoms with E-state index >= 15 is 0 Å². The van der Waals surface area contributed by atoms with Crippen LogP contribution in [-0.4, -0.2) is 11.9 Å². The number of benzene rings is 1. The third kappa shape index (κ3) is 2.35. The van der Waals surface area contributed by atoms with Gasteiger partial charge in [0, 0.05) is 12.5 Å². The van der Waals surface area contributed by atoms with Crippen molar-refractivity contribution in [2.24, 2.45) is 0 Å². The molecule has 1 fully saturated rings. The molecule has 1 aromatic carbocycles. The van der Waals surface area contributed by atoms with Crippen molar-refractivity contribution >= 4 is 5.91 Å². The van der Waals surface area contributed by atoms with Crippen LogP contribution in [0.4, 0.5) is 4.39 Å². The van der Waals surface area contributed by atoms with E-state index in [4.69, 9.17) is 0 Å². The second-order valence-electron chi connectivity index (χ2n) is 4.08. The minimum absolute atomic E-state index is 0.125. The van der Waals surface area contributed by atoms with Crippen LogP contribution in [0.3, 0.4) is 0 Å². The number of hydrogen-bond acceptors (Lipinski definition) is 1. The van der Waals surface area contributed by atoms with Crippen LogP contribution >= 0.6 is 0 Å². The standard InChI is InChI=1S/C12H14FNO/c1-8-6-10(13)3-2-9(8)7-11-4-5-12(15)14-11/h2-3,6,11H,4-5,7H2,1H3,(H,14,15). The molecule has 1 aliphatic heterocycles. The average molecular weight is 207 g/mol. The molecule has 0 radical (unpaired) electrons. The van der Waals surface area contributed by atoms with E-state index < -0.39 is 0 Å². The molecule has 0 bridgehead atoms. The Morgan fingerprint density at radius 3 is 2.93 bits per heavy atom. The number of carbonyl (C=O) groups excluding carboxylic acids is 1. The van der Waals surface area contributed by atoms with Gasteiger partial charge in [-0.05, 0) is 43.0 Å². The fourth-order valence-electron chi connectivity index (χ4n) is 1.98. The highest BCUT2D eigenvalue weighted by atomic mass is 19.1. The van der Waals surface area contributed by atoms with E-state index in [1.54, 1.807) is 6.07 Å². The van der Waals surface area contributed by atoms with Crippen LogP contribution in [0.2, 0.25) is 0 Å². The van der Waals surface area contributed by atoms with Crippen LogP contribution in [0, 0.1) is 12.7 Å². The molecule has 0 aromatic heterocycles. The molecule has 80 valence electrons. The third-order valence-electron chi connectivity index (χ3n) is 2.86. The van der Waals surface area contributed by atoms with Gasteiger partial charge >= 0.3 is 0 Å². The minimum atomic E-state index is -0.202. The lowest BCUT2D eigenvalue weighted by Crippen LogP contribution is -2.27. The Balaban J connectivity index is 2.07. The Kier molecular flexibility index (Phi) is 2.71. The Labute approximate surface area is 88.5 Å². The van der Waals surface area contributed by atoms with Gasteiger partial charge in [0.2, 0.25) is 5.91 Å². The van der Waals surface area contributed by atoms with Gasteiger partial charge in [0.25, 0.3) is 0 Å². The fraction of sp³-hybridized carbons (Fsp3) is 0.417. The Hall–Kier alpha value is -1.38. The van der Waals surface area contributed by atoms with Gasteiger partial charge in [-0.1, -0.05) is 6.07 Å². The number of nitrogens with one attached hydrogen (secondary N) is 1. The summed E-state index contributed by atoms with van der Waals surface area (Å²) in [4.78, 5) is 11.0. The van der Waals surface area contributed by atoms with Gasteiger partial charge in [-0.15, -0.1) is 0 Å². The van der Waals surface area contributed by atoms with Crippen molar-refractivity contribution in [3.8, 4) is 0 Å². The molecular weight excluding hydrogens is 193 g/mol. The lowest BCUT2D eigenvalue weighted by Gasteiger charge is -2.11. The van der Waals surface area contributed by atoms with Crippen LogP contribution < -0.4 is 5.32 Å².